The summed E-state index contributed by atoms with van der Waals surface area (Å²) >= 11 is 0. The van der Waals surface area contributed by atoms with Gasteiger partial charge < -0.3 is 24.2 Å². The molecule has 1 aromatic heterocycles. The highest BCUT2D eigenvalue weighted by atomic mass is 16.4. The van der Waals surface area contributed by atoms with Gasteiger partial charge in [-0.15, -0.1) is 0 Å². The van der Waals surface area contributed by atoms with E-state index < -0.39 is 23.4 Å². The van der Waals surface area contributed by atoms with Crippen LogP contribution in [0.2, 0.25) is 0 Å². The highest BCUT2D eigenvalue weighted by Gasteiger charge is 2.12. The van der Waals surface area contributed by atoms with Gasteiger partial charge >= 0.3 is 0 Å². The van der Waals surface area contributed by atoms with Gasteiger partial charge in [0.1, 0.15) is 11.7 Å². The summed E-state index contributed by atoms with van der Waals surface area (Å²) in [4.78, 5) is 23.7. The maximum Gasteiger partial charge on any atom is 0.192 e. The lowest BCUT2D eigenvalue weighted by atomic mass is 10.3. The first-order chi connectivity index (χ1) is 5.52. The minimum atomic E-state index is -1.73. The zero-order valence-corrected chi connectivity index (χ0v) is 5.99. The third-order valence-electron chi connectivity index (χ3n) is 1.11. The Kier molecular flexibility index (Phi) is 1.82. The molecule has 0 spiro atoms. The number of carboxylic acids is 2. The Hall–Kier alpha value is -1.85. The number of hydrogen-bond acceptors (Lipinski definition) is 6. The van der Waals surface area contributed by atoms with Crippen LogP contribution in [0.3, 0.4) is 0 Å². The Morgan fingerprint density at radius 1 is 1.33 bits per heavy atom. The maximum absolute atomic E-state index is 10.2. The fourth-order valence-electron chi connectivity index (χ4n) is 0.704. The molecular formula is C6H3NO5-2. The molecule has 0 bridgehead atoms. The van der Waals surface area contributed by atoms with Gasteiger partial charge in [-0.05, 0) is 0 Å². The lowest BCUT2D eigenvalue weighted by molar-refractivity contribution is -0.261. The van der Waals surface area contributed by atoms with Crippen molar-refractivity contribution in [3.05, 3.63) is 17.3 Å². The van der Waals surface area contributed by atoms with Crippen molar-refractivity contribution in [1.29, 1.82) is 0 Å². The highest BCUT2D eigenvalue weighted by molar-refractivity contribution is 5.96. The Bertz CT molecular complexity index is 308. The number of carbonyl (C=O) groups is 2. The minimum Gasteiger partial charge on any atom is -0.543 e. The molecule has 0 aromatic carbocycles. The Morgan fingerprint density at radius 2 is 1.92 bits per heavy atom. The van der Waals surface area contributed by atoms with Crippen LogP contribution in [0.15, 0.2) is 4.42 Å². The average molecular weight is 169 g/mol. The third-order valence-corrected chi connectivity index (χ3v) is 1.11. The predicted octanol–water partition coefficient (Wildman–Crippen LogP) is -2.29. The molecule has 0 amide bonds. The van der Waals surface area contributed by atoms with E-state index in [1.54, 1.807) is 0 Å². The fourth-order valence-corrected chi connectivity index (χ4v) is 0.704. The molecule has 0 unspecified atom stereocenters. The predicted molar refractivity (Wildman–Crippen MR) is 29.9 cm³/mol. The topological polar surface area (TPSA) is 106 Å². The first-order valence-electron chi connectivity index (χ1n) is 2.92. The molecule has 0 radical (unpaired) electrons. The van der Waals surface area contributed by atoms with E-state index in [1.807, 2.05) is 0 Å². The molecule has 0 N–H and O–H groups in total. The number of carbonyl (C=O) groups excluding carboxylic acids is 2. The van der Waals surface area contributed by atoms with E-state index in [4.69, 9.17) is 0 Å². The van der Waals surface area contributed by atoms with Gasteiger partial charge in [-0.1, -0.05) is 0 Å². The molecule has 64 valence electrons. The summed E-state index contributed by atoms with van der Waals surface area (Å²) < 4.78 is 4.44. The van der Waals surface area contributed by atoms with Gasteiger partial charge in [0.2, 0.25) is 0 Å². The summed E-state index contributed by atoms with van der Waals surface area (Å²) in [6.07, 6.45) is 0. The first-order valence-corrected chi connectivity index (χ1v) is 2.92. The lowest BCUT2D eigenvalue weighted by Gasteiger charge is -2.00. The summed E-state index contributed by atoms with van der Waals surface area (Å²) in [7, 11) is 0. The van der Waals surface area contributed by atoms with Crippen molar-refractivity contribution in [2.24, 2.45) is 0 Å². The average Bonchev–Trinajstić information content (AvgIpc) is 2.31. The van der Waals surface area contributed by atoms with E-state index in [0.717, 1.165) is 0 Å². The van der Waals surface area contributed by atoms with Crippen molar-refractivity contribution < 1.29 is 24.2 Å². The number of rotatable bonds is 2. The second kappa shape index (κ2) is 2.65. The summed E-state index contributed by atoms with van der Waals surface area (Å²) in [6.45, 7) is 1.32. The fraction of sp³-hybridized carbons (Fsp3) is 0.167. The van der Waals surface area contributed by atoms with E-state index in [1.165, 1.54) is 6.92 Å². The molecule has 0 aliphatic rings. The van der Waals surface area contributed by atoms with E-state index in [9.17, 15) is 19.8 Å². The molecule has 1 aromatic rings. The van der Waals surface area contributed by atoms with Crippen molar-refractivity contribution in [2.75, 3.05) is 0 Å². The van der Waals surface area contributed by atoms with Crippen molar-refractivity contribution in [1.82, 2.24) is 4.98 Å². The molecule has 0 fully saturated rings. The quantitative estimate of drug-likeness (QED) is 0.493. The smallest absolute Gasteiger partial charge is 0.192 e. The molecule has 12 heavy (non-hydrogen) atoms. The lowest BCUT2D eigenvalue weighted by Crippen LogP contribution is -2.29. The molecule has 0 saturated carbocycles. The van der Waals surface area contributed by atoms with Gasteiger partial charge in [0.25, 0.3) is 0 Å². The zero-order valence-electron chi connectivity index (χ0n) is 5.99. The van der Waals surface area contributed by atoms with Crippen molar-refractivity contribution in [2.45, 2.75) is 6.92 Å². The van der Waals surface area contributed by atoms with Gasteiger partial charge in [0.05, 0.1) is 5.97 Å². The molecule has 1 heterocycles. The first kappa shape index (κ1) is 8.25. The van der Waals surface area contributed by atoms with E-state index in [-0.39, 0.29) is 5.89 Å². The van der Waals surface area contributed by atoms with Gasteiger partial charge in [-0.25, -0.2) is 4.98 Å². The van der Waals surface area contributed by atoms with Crippen LogP contribution in [0.5, 0.6) is 0 Å². The third kappa shape index (κ3) is 1.26. The number of aromatic carboxylic acids is 2. The van der Waals surface area contributed by atoms with Gasteiger partial charge in [0.15, 0.2) is 11.7 Å². The number of aryl methyl sites for hydroxylation is 1. The van der Waals surface area contributed by atoms with E-state index >= 15 is 0 Å². The van der Waals surface area contributed by atoms with Crippen LogP contribution in [0, 0.1) is 6.92 Å². The number of aromatic nitrogens is 1. The molecule has 0 saturated heterocycles. The van der Waals surface area contributed by atoms with Crippen LogP contribution in [-0.2, 0) is 0 Å². The highest BCUT2D eigenvalue weighted by Crippen LogP contribution is 2.07. The number of nitrogens with zero attached hydrogens (tertiary/aromatic N) is 1. The van der Waals surface area contributed by atoms with E-state index in [2.05, 4.69) is 9.40 Å². The number of oxazole rings is 1. The largest absolute Gasteiger partial charge is 0.543 e. The zero-order chi connectivity index (χ0) is 9.30. The maximum atomic E-state index is 10.2. The second-order valence-electron chi connectivity index (χ2n) is 1.99. The van der Waals surface area contributed by atoms with Gasteiger partial charge in [0, 0.05) is 6.92 Å². The Balaban J connectivity index is 3.26. The Morgan fingerprint density at radius 3 is 2.25 bits per heavy atom. The normalized spacial score (nSPS) is 9.75. The monoisotopic (exact) mass is 169 g/mol. The summed E-state index contributed by atoms with van der Waals surface area (Å²) in [5, 5.41) is 20.4. The SMILES string of the molecule is Cc1nc(C(=O)[O-])c(C(=O)[O-])o1. The van der Waals surface area contributed by atoms with Crippen molar-refractivity contribution in [3.8, 4) is 0 Å². The molecule has 0 aliphatic heterocycles. The molecule has 0 atom stereocenters. The van der Waals surface area contributed by atoms with Gasteiger partial charge in [-0.2, -0.15) is 0 Å². The Labute approximate surface area is 66.5 Å². The van der Waals surface area contributed by atoms with Crippen LogP contribution in [0.25, 0.3) is 0 Å². The van der Waals surface area contributed by atoms with Crippen LogP contribution in [0.4, 0.5) is 0 Å². The summed E-state index contributed by atoms with van der Waals surface area (Å²) in [6, 6.07) is 0. The minimum absolute atomic E-state index is 0.0617. The number of hydrogen-bond donors (Lipinski definition) is 0. The van der Waals surface area contributed by atoms with Gasteiger partial charge in [-0.3, -0.25) is 0 Å². The van der Waals surface area contributed by atoms with Crippen LogP contribution < -0.4 is 10.2 Å². The van der Waals surface area contributed by atoms with Crippen LogP contribution >= 0.6 is 0 Å². The molecule has 1 rings (SSSR count). The van der Waals surface area contributed by atoms with Crippen molar-refractivity contribution >= 4 is 11.9 Å². The standard InChI is InChI=1S/C6H5NO5/c1-2-7-3(5(8)9)4(12-2)6(10)11/h1H3,(H,8,9)(H,10,11)/p-2. The molecule has 0 aliphatic carbocycles. The molecule has 6 nitrogen and oxygen atoms in total. The summed E-state index contributed by atoms with van der Waals surface area (Å²) in [5.41, 5.74) is -0.743. The number of carboxylic acid groups (broad SMARTS) is 2. The van der Waals surface area contributed by atoms with Crippen molar-refractivity contribution in [3.63, 3.8) is 0 Å². The molecular weight excluding hydrogens is 166 g/mol. The van der Waals surface area contributed by atoms with Crippen LogP contribution in [-0.4, -0.2) is 16.9 Å². The second-order valence-corrected chi connectivity index (χ2v) is 1.99. The van der Waals surface area contributed by atoms with E-state index in [0.29, 0.717) is 0 Å². The summed E-state index contributed by atoms with van der Waals surface area (Å²) in [5.74, 6) is -4.30. The van der Waals surface area contributed by atoms with Crippen LogP contribution in [0.1, 0.15) is 26.9 Å². The molecule has 6 heteroatoms.